The Kier molecular flexibility index (Phi) is 4.53. The lowest BCUT2D eigenvalue weighted by atomic mass is 10.1. The number of likely N-dealkylation sites (tertiary alicyclic amines) is 1. The lowest BCUT2D eigenvalue weighted by molar-refractivity contribution is -0.121. The number of nitrogens with one attached hydrogen (secondary N) is 1. The molecular formula is C15H24N4O2. The number of aromatic nitrogens is 2. The van der Waals surface area contributed by atoms with Crippen molar-refractivity contribution in [2.24, 2.45) is 5.92 Å². The third-order valence-corrected chi connectivity index (χ3v) is 4.33. The largest absolute Gasteiger partial charge is 0.356 e. The third-order valence-electron chi connectivity index (χ3n) is 4.33. The van der Waals surface area contributed by atoms with Crippen LogP contribution in [-0.2, 0) is 11.2 Å². The average Bonchev–Trinajstić information content (AvgIpc) is 3.07. The minimum absolute atomic E-state index is 0.135. The topological polar surface area (TPSA) is 71.3 Å². The normalized spacial score (nSPS) is 22.6. The molecular weight excluding hydrogens is 268 g/mol. The van der Waals surface area contributed by atoms with Crippen LogP contribution in [-0.4, -0.2) is 46.6 Å². The minimum atomic E-state index is 0.135. The molecule has 3 rings (SSSR count). The Balaban J connectivity index is 1.28. The first-order valence-electron chi connectivity index (χ1n) is 8.00. The van der Waals surface area contributed by atoms with Crippen LogP contribution in [0.2, 0.25) is 0 Å². The number of nitrogens with zero attached hydrogens (tertiary/aromatic N) is 3. The first-order valence-corrected chi connectivity index (χ1v) is 8.00. The lowest BCUT2D eigenvalue weighted by Crippen LogP contribution is -2.31. The lowest BCUT2D eigenvalue weighted by Gasteiger charge is -2.15. The summed E-state index contributed by atoms with van der Waals surface area (Å²) in [5.41, 5.74) is 0. The highest BCUT2D eigenvalue weighted by Gasteiger charge is 2.34. The fourth-order valence-electron chi connectivity index (χ4n) is 2.99. The van der Waals surface area contributed by atoms with Crippen molar-refractivity contribution in [2.75, 3.05) is 19.6 Å². The second-order valence-electron chi connectivity index (χ2n) is 6.27. The van der Waals surface area contributed by atoms with Gasteiger partial charge in [0, 0.05) is 32.0 Å². The molecule has 1 aromatic rings. The van der Waals surface area contributed by atoms with Gasteiger partial charge in [0.05, 0.1) is 0 Å². The molecule has 1 atom stereocenters. The molecule has 1 N–H and O–H groups in total. The van der Waals surface area contributed by atoms with Crippen molar-refractivity contribution >= 4 is 5.91 Å². The van der Waals surface area contributed by atoms with Crippen LogP contribution in [0.1, 0.15) is 43.8 Å². The summed E-state index contributed by atoms with van der Waals surface area (Å²) in [6.07, 6.45) is 5.92. The van der Waals surface area contributed by atoms with Gasteiger partial charge in [-0.2, -0.15) is 4.98 Å². The maximum Gasteiger partial charge on any atom is 0.226 e. The van der Waals surface area contributed by atoms with E-state index in [-0.39, 0.29) is 5.91 Å². The van der Waals surface area contributed by atoms with Crippen LogP contribution in [0, 0.1) is 12.8 Å². The Morgan fingerprint density at radius 2 is 2.29 bits per heavy atom. The van der Waals surface area contributed by atoms with E-state index in [1.807, 2.05) is 0 Å². The molecule has 116 valence electrons. The molecule has 2 aliphatic rings. The first kappa shape index (κ1) is 14.5. The SMILES string of the molecule is Cc1noc(CCCC(=O)NC[C@@H]2CCN(C3CC3)C2)n1. The number of carbonyl (C=O) groups is 1. The van der Waals surface area contributed by atoms with Crippen molar-refractivity contribution in [3.63, 3.8) is 0 Å². The molecule has 0 spiro atoms. The Bertz CT molecular complexity index is 484. The predicted octanol–water partition coefficient (Wildman–Crippen LogP) is 1.30. The predicted molar refractivity (Wildman–Crippen MR) is 77.7 cm³/mol. The van der Waals surface area contributed by atoms with Crippen molar-refractivity contribution < 1.29 is 9.32 Å². The third kappa shape index (κ3) is 4.27. The molecule has 1 amide bonds. The van der Waals surface area contributed by atoms with Crippen LogP contribution in [0.5, 0.6) is 0 Å². The van der Waals surface area contributed by atoms with E-state index in [4.69, 9.17) is 4.52 Å². The van der Waals surface area contributed by atoms with Crippen LogP contribution < -0.4 is 5.32 Å². The van der Waals surface area contributed by atoms with Gasteiger partial charge in [0.1, 0.15) is 0 Å². The monoisotopic (exact) mass is 292 g/mol. The summed E-state index contributed by atoms with van der Waals surface area (Å²) >= 11 is 0. The van der Waals surface area contributed by atoms with Gasteiger partial charge in [-0.25, -0.2) is 0 Å². The molecule has 2 fully saturated rings. The van der Waals surface area contributed by atoms with Gasteiger partial charge in [-0.05, 0) is 45.1 Å². The van der Waals surface area contributed by atoms with Gasteiger partial charge in [-0.1, -0.05) is 5.16 Å². The number of hydrogen-bond acceptors (Lipinski definition) is 5. The zero-order chi connectivity index (χ0) is 14.7. The van der Waals surface area contributed by atoms with E-state index >= 15 is 0 Å². The number of amides is 1. The Hall–Kier alpha value is -1.43. The molecule has 1 aromatic heterocycles. The molecule has 0 aromatic carbocycles. The van der Waals surface area contributed by atoms with Gasteiger partial charge in [-0.3, -0.25) is 4.79 Å². The van der Waals surface area contributed by atoms with E-state index in [2.05, 4.69) is 20.4 Å². The molecule has 1 aliphatic heterocycles. The quantitative estimate of drug-likeness (QED) is 0.820. The standard InChI is InChI=1S/C15H24N4O2/c1-11-17-15(21-18-11)4-2-3-14(20)16-9-12-7-8-19(10-12)13-5-6-13/h12-13H,2-10H2,1H3,(H,16,20)/t12-/m0/s1. The molecule has 0 unspecified atom stereocenters. The summed E-state index contributed by atoms with van der Waals surface area (Å²) in [7, 11) is 0. The van der Waals surface area contributed by atoms with Crippen LogP contribution in [0.3, 0.4) is 0 Å². The summed E-state index contributed by atoms with van der Waals surface area (Å²) in [6.45, 7) is 4.99. The van der Waals surface area contributed by atoms with E-state index < -0.39 is 0 Å². The molecule has 0 radical (unpaired) electrons. The molecule has 1 aliphatic carbocycles. The smallest absolute Gasteiger partial charge is 0.226 e. The second-order valence-corrected chi connectivity index (χ2v) is 6.27. The van der Waals surface area contributed by atoms with Gasteiger partial charge in [0.15, 0.2) is 5.82 Å². The van der Waals surface area contributed by atoms with Crippen molar-refractivity contribution in [1.82, 2.24) is 20.4 Å². The highest BCUT2D eigenvalue weighted by Crippen LogP contribution is 2.31. The van der Waals surface area contributed by atoms with Crippen LogP contribution >= 0.6 is 0 Å². The van der Waals surface area contributed by atoms with Crippen LogP contribution in [0.4, 0.5) is 0 Å². The molecule has 21 heavy (non-hydrogen) atoms. The summed E-state index contributed by atoms with van der Waals surface area (Å²) in [5, 5.41) is 6.80. The molecule has 2 heterocycles. The van der Waals surface area contributed by atoms with Gasteiger partial charge < -0.3 is 14.7 Å². The molecule has 0 bridgehead atoms. The van der Waals surface area contributed by atoms with E-state index in [9.17, 15) is 4.79 Å². The van der Waals surface area contributed by atoms with E-state index in [0.29, 0.717) is 30.5 Å². The van der Waals surface area contributed by atoms with Crippen molar-refractivity contribution in [3.8, 4) is 0 Å². The Labute approximate surface area is 125 Å². The zero-order valence-corrected chi connectivity index (χ0v) is 12.7. The van der Waals surface area contributed by atoms with Crippen molar-refractivity contribution in [2.45, 2.75) is 51.5 Å². The second kappa shape index (κ2) is 6.56. The number of aryl methyl sites for hydroxylation is 2. The van der Waals surface area contributed by atoms with E-state index in [1.54, 1.807) is 6.92 Å². The summed E-state index contributed by atoms with van der Waals surface area (Å²) in [6, 6.07) is 0.851. The van der Waals surface area contributed by atoms with Gasteiger partial charge in [0.25, 0.3) is 0 Å². The van der Waals surface area contributed by atoms with E-state index in [1.165, 1.54) is 25.8 Å². The van der Waals surface area contributed by atoms with Gasteiger partial charge in [0.2, 0.25) is 11.8 Å². The molecule has 6 nitrogen and oxygen atoms in total. The fourth-order valence-corrected chi connectivity index (χ4v) is 2.99. The maximum absolute atomic E-state index is 11.8. The van der Waals surface area contributed by atoms with Gasteiger partial charge >= 0.3 is 0 Å². The average molecular weight is 292 g/mol. The Morgan fingerprint density at radius 1 is 1.43 bits per heavy atom. The summed E-state index contributed by atoms with van der Waals surface area (Å²) in [4.78, 5) is 18.5. The highest BCUT2D eigenvalue weighted by molar-refractivity contribution is 5.75. The summed E-state index contributed by atoms with van der Waals surface area (Å²) < 4.78 is 5.03. The number of hydrogen-bond donors (Lipinski definition) is 1. The van der Waals surface area contributed by atoms with Crippen molar-refractivity contribution in [3.05, 3.63) is 11.7 Å². The Morgan fingerprint density at radius 3 is 3.00 bits per heavy atom. The van der Waals surface area contributed by atoms with E-state index in [0.717, 1.165) is 25.6 Å². The molecule has 1 saturated heterocycles. The summed E-state index contributed by atoms with van der Waals surface area (Å²) in [5.74, 6) is 2.04. The first-order chi connectivity index (χ1) is 10.2. The van der Waals surface area contributed by atoms with Crippen molar-refractivity contribution in [1.29, 1.82) is 0 Å². The fraction of sp³-hybridized carbons (Fsp3) is 0.800. The maximum atomic E-state index is 11.8. The molecule has 6 heteroatoms. The minimum Gasteiger partial charge on any atom is -0.356 e. The van der Waals surface area contributed by atoms with Crippen LogP contribution in [0.25, 0.3) is 0 Å². The number of rotatable bonds is 7. The van der Waals surface area contributed by atoms with Gasteiger partial charge in [-0.15, -0.1) is 0 Å². The zero-order valence-electron chi connectivity index (χ0n) is 12.7. The van der Waals surface area contributed by atoms with Crippen LogP contribution in [0.15, 0.2) is 4.52 Å². The number of carbonyl (C=O) groups excluding carboxylic acids is 1. The molecule has 1 saturated carbocycles. The highest BCUT2D eigenvalue weighted by atomic mass is 16.5.